The second-order valence-electron chi connectivity index (χ2n) is 19.4. The zero-order chi connectivity index (χ0) is 43.4. The molecule has 4 saturated heterocycles. The fourth-order valence-corrected chi connectivity index (χ4v) is 52.9. The van der Waals surface area contributed by atoms with Crippen molar-refractivity contribution in [3.8, 4) is 0 Å². The first kappa shape index (κ1) is 51.3. The summed E-state index contributed by atoms with van der Waals surface area (Å²) in [7, 11) is -28.1. The van der Waals surface area contributed by atoms with Gasteiger partial charge in [-0.25, -0.2) is 4.79 Å². The molecule has 0 aliphatic carbocycles. The molecule has 4 aliphatic heterocycles. The van der Waals surface area contributed by atoms with Crippen LogP contribution in [0.1, 0.15) is 110 Å². The van der Waals surface area contributed by atoms with Gasteiger partial charge in [-0.3, -0.25) is 0 Å². The molecule has 23 heteroatoms. The third-order valence-corrected chi connectivity index (χ3v) is 46.3. The molecule has 0 aromatic carbocycles. The fourth-order valence-electron chi connectivity index (χ4n) is 7.52. The van der Waals surface area contributed by atoms with Crippen molar-refractivity contribution in [1.29, 1.82) is 0 Å². The van der Waals surface area contributed by atoms with Gasteiger partial charge in [-0.05, 0) is 60.8 Å². The van der Waals surface area contributed by atoms with Crippen LogP contribution in [-0.2, 0) is 58.9 Å². The molecule has 4 aliphatic rings. The van der Waals surface area contributed by atoms with E-state index >= 15 is 0 Å². The highest BCUT2D eigenvalue weighted by molar-refractivity contribution is 7.00. The number of rotatable bonds is 21. The van der Waals surface area contributed by atoms with Crippen molar-refractivity contribution in [3.05, 3.63) is 12.2 Å². The van der Waals surface area contributed by atoms with Crippen LogP contribution in [0.3, 0.4) is 0 Å². The molecule has 0 aromatic rings. The molecular formula is C35H74O14Si9. The summed E-state index contributed by atoms with van der Waals surface area (Å²) in [5, 5.41) is 0. The quantitative estimate of drug-likeness (QED) is 0.0471. The summed E-state index contributed by atoms with van der Waals surface area (Å²) in [6.45, 7) is 35.4. The minimum atomic E-state index is -4.06. The van der Waals surface area contributed by atoms with Gasteiger partial charge in [0.2, 0.25) is 9.76 Å². The third kappa shape index (κ3) is 14.1. The number of fused-ring (bicyclic) bond motifs is 4. The maximum Gasteiger partial charge on any atom is 0.479 e. The van der Waals surface area contributed by atoms with Crippen molar-refractivity contribution >= 4 is 87.4 Å². The van der Waals surface area contributed by atoms with Gasteiger partial charge in [-0.1, -0.05) is 104 Å². The van der Waals surface area contributed by atoms with Crippen LogP contribution in [0.4, 0.5) is 0 Å². The van der Waals surface area contributed by atoms with E-state index in [4.69, 9.17) is 54.1 Å². The van der Waals surface area contributed by atoms with Gasteiger partial charge in [0.25, 0.3) is 0 Å². The Morgan fingerprint density at radius 3 is 1.19 bits per heavy atom. The van der Waals surface area contributed by atoms with Crippen LogP contribution in [-0.4, -0.2) is 94.0 Å². The fraction of sp³-hybridized carbons (Fsp3) is 0.914. The second-order valence-corrected chi connectivity index (χ2v) is 42.6. The lowest BCUT2D eigenvalue weighted by atomic mass is 10.3. The predicted molar refractivity (Wildman–Crippen MR) is 238 cm³/mol. The lowest BCUT2D eigenvalue weighted by Crippen LogP contribution is -2.84. The first-order valence-electron chi connectivity index (χ1n) is 21.5. The van der Waals surface area contributed by atoms with Gasteiger partial charge in [-0.2, -0.15) is 0 Å². The number of esters is 1. The summed E-state index contributed by atoms with van der Waals surface area (Å²) >= 11 is 0. The van der Waals surface area contributed by atoms with Gasteiger partial charge in [0.1, 0.15) is 0 Å². The van der Waals surface area contributed by atoms with E-state index in [1.165, 1.54) is 0 Å². The molecule has 4 radical (unpaired) electrons. The van der Waals surface area contributed by atoms with Gasteiger partial charge in [0, 0.05) is 47.9 Å². The molecular weight excluding hydrogens is 897 g/mol. The summed E-state index contributed by atoms with van der Waals surface area (Å²) in [5.41, 5.74) is 0.330. The zero-order valence-electron chi connectivity index (χ0n) is 38.0. The van der Waals surface area contributed by atoms with Crippen molar-refractivity contribution in [3.63, 3.8) is 0 Å². The number of ether oxygens (including phenoxy) is 1. The minimum absolute atomic E-state index is 0.0357. The molecule has 334 valence electrons. The molecule has 4 unspecified atom stereocenters. The summed E-state index contributed by atoms with van der Waals surface area (Å²) in [4.78, 5) is 12.6. The highest BCUT2D eigenvalue weighted by Crippen LogP contribution is 2.51. The second kappa shape index (κ2) is 20.7. The lowest BCUT2D eigenvalue weighted by molar-refractivity contribution is -0.139. The SMILES string of the molecule is C=C(C)C(=O)OCCC[Si]1(O[Si]CC(C)C)O[Si]2(CC(C)C)O[Si]3(CC(C)C)O[Si]O[Si]4(CC(C)C)O[Si](CC(C)C)(O1)O[Si](CC(C)C)(O2)O[Si](CC(C)C)(O3)O4. The Kier molecular flexibility index (Phi) is 18.3. The van der Waals surface area contributed by atoms with Crippen molar-refractivity contribution in [2.24, 2.45) is 41.4 Å². The first-order valence-corrected chi connectivity index (χ1v) is 36.9. The topological polar surface area (TPSA) is 137 Å². The first-order chi connectivity index (χ1) is 26.8. The average Bonchev–Trinajstić information content (AvgIpc) is 2.97. The van der Waals surface area contributed by atoms with E-state index in [0.29, 0.717) is 54.2 Å². The van der Waals surface area contributed by atoms with Crippen LogP contribution in [0.15, 0.2) is 12.2 Å². The Labute approximate surface area is 363 Å². The van der Waals surface area contributed by atoms with Crippen molar-refractivity contribution < 1.29 is 58.9 Å². The Hall–Kier alpha value is 0.682. The molecule has 4 heterocycles. The average molecular weight is 972 g/mol. The summed E-state index contributed by atoms with van der Waals surface area (Å²) in [6.07, 6.45) is 0.385. The van der Waals surface area contributed by atoms with E-state index in [1.54, 1.807) is 6.92 Å². The lowest BCUT2D eigenvalue weighted by Gasteiger charge is -2.60. The Morgan fingerprint density at radius 2 is 0.862 bits per heavy atom. The van der Waals surface area contributed by atoms with Crippen molar-refractivity contribution in [2.45, 2.75) is 159 Å². The highest BCUT2D eigenvalue weighted by atomic mass is 28.6. The number of hydrogen-bond acceptors (Lipinski definition) is 14. The van der Waals surface area contributed by atoms with E-state index in [0.717, 1.165) is 6.04 Å². The standard InChI is InChI=1S/C35H74O14Si9/c1-27(2)20-50-38-52(19-17-18-37-35(36)34(15)16)41-55(23-30(7)8)43-53(21-28(3)4)39-51-40-54(22-29(5)6)44-56(42-52,24-31(9)10)48-58(47-55,26-33(13)14)49-57(45-53,46-54)25-32(11)12/h27-33H,15,17-26H2,1-14,16H3. The predicted octanol–water partition coefficient (Wildman–Crippen LogP) is 8.49. The highest BCUT2D eigenvalue weighted by Gasteiger charge is 2.78. The Bertz CT molecular complexity index is 1320. The van der Waals surface area contributed by atoms with Gasteiger partial charge in [0.15, 0.2) is 0 Å². The molecule has 0 N–H and O–H groups in total. The molecule has 0 aromatic heterocycles. The summed E-state index contributed by atoms with van der Waals surface area (Å²) in [6, 6.07) is 3.69. The zero-order valence-corrected chi connectivity index (χ0v) is 47.0. The minimum Gasteiger partial charge on any atom is -0.462 e. The van der Waals surface area contributed by atoms with Crippen molar-refractivity contribution in [2.75, 3.05) is 6.61 Å². The molecule has 14 nitrogen and oxygen atoms in total. The van der Waals surface area contributed by atoms with E-state index in [1.807, 2.05) is 0 Å². The molecule has 0 spiro atoms. The molecule has 0 saturated carbocycles. The monoisotopic (exact) mass is 970 g/mol. The van der Waals surface area contributed by atoms with Gasteiger partial charge < -0.3 is 54.1 Å². The van der Waals surface area contributed by atoms with Gasteiger partial charge in [0.05, 0.1) is 6.61 Å². The van der Waals surface area contributed by atoms with Crippen LogP contribution in [0.5, 0.6) is 0 Å². The molecule has 6 bridgehead atoms. The largest absolute Gasteiger partial charge is 0.479 e. The van der Waals surface area contributed by atoms with E-state index in [9.17, 15) is 4.79 Å². The molecule has 4 rings (SSSR count). The Morgan fingerprint density at radius 1 is 0.534 bits per heavy atom. The third-order valence-electron chi connectivity index (χ3n) is 9.07. The van der Waals surface area contributed by atoms with Crippen LogP contribution in [0.25, 0.3) is 0 Å². The van der Waals surface area contributed by atoms with Crippen LogP contribution >= 0.6 is 0 Å². The summed E-state index contributed by atoms with van der Waals surface area (Å²) < 4.78 is 96.1. The maximum atomic E-state index is 12.6. The van der Waals surface area contributed by atoms with Crippen LogP contribution in [0.2, 0.25) is 48.4 Å². The van der Waals surface area contributed by atoms with E-state index in [-0.39, 0.29) is 57.9 Å². The summed E-state index contributed by atoms with van der Waals surface area (Å²) in [5.74, 6) is 0.403. The van der Waals surface area contributed by atoms with Crippen LogP contribution in [0, 0.1) is 41.4 Å². The number of carbonyl (C=O) groups excluding carboxylic acids is 1. The van der Waals surface area contributed by atoms with Crippen LogP contribution < -0.4 is 0 Å². The number of carbonyl (C=O) groups is 1. The smallest absolute Gasteiger partial charge is 0.462 e. The number of hydrogen-bond donors (Lipinski definition) is 0. The normalized spacial score (nSPS) is 35.5. The molecule has 0 amide bonds. The maximum absolute atomic E-state index is 12.6. The van der Waals surface area contributed by atoms with E-state index < -0.39 is 77.6 Å². The molecule has 4 atom stereocenters. The van der Waals surface area contributed by atoms with Gasteiger partial charge in [-0.15, -0.1) is 0 Å². The van der Waals surface area contributed by atoms with Crippen molar-refractivity contribution in [1.82, 2.24) is 0 Å². The molecule has 4 fully saturated rings. The Balaban J connectivity index is 2.14. The van der Waals surface area contributed by atoms with Gasteiger partial charge >= 0.3 is 77.6 Å². The van der Waals surface area contributed by atoms with E-state index in [2.05, 4.69) is 104 Å². The molecule has 58 heavy (non-hydrogen) atoms.